The van der Waals surface area contributed by atoms with Gasteiger partial charge in [-0.15, -0.1) is 11.3 Å². The van der Waals surface area contributed by atoms with Gasteiger partial charge in [-0.25, -0.2) is 9.78 Å². The lowest BCUT2D eigenvalue weighted by Crippen LogP contribution is -2.35. The van der Waals surface area contributed by atoms with Crippen LogP contribution in [-0.4, -0.2) is 41.5 Å². The number of rotatable bonds is 10. The molecule has 1 aliphatic rings. The maximum Gasteiger partial charge on any atom is 0.395 e. The highest BCUT2D eigenvalue weighted by atomic mass is 32.2. The zero-order valence-electron chi connectivity index (χ0n) is 20.0. The number of carbonyl (C=O) groups is 1. The molecule has 0 saturated heterocycles. The number of alkyl halides is 3. The highest BCUT2D eigenvalue weighted by Gasteiger charge is 2.42. The average Bonchev–Trinajstić information content (AvgIpc) is 3.27. The molecule has 12 heteroatoms. The van der Waals surface area contributed by atoms with E-state index in [1.54, 1.807) is 43.5 Å². The SMILES string of the molecule is C=C(C)CN(C1=CC[C@@H](C(F)(F)F)C=C1OCc1ccc(/C=C/C(=O)O)cc1)S(=O)(=O)c1nc(C)cs1. The second-order valence-electron chi connectivity index (χ2n) is 8.43. The molecule has 1 aromatic heterocycles. The Kier molecular flexibility index (Phi) is 8.64. The molecule has 0 aliphatic heterocycles. The smallest absolute Gasteiger partial charge is 0.395 e. The van der Waals surface area contributed by atoms with Crippen molar-refractivity contribution >= 4 is 33.4 Å². The van der Waals surface area contributed by atoms with E-state index in [9.17, 15) is 26.4 Å². The number of aliphatic carboxylic acids is 1. The fourth-order valence-electron chi connectivity index (χ4n) is 3.39. The number of carboxylic acids is 1. The number of nitrogens with zero attached hydrogens (tertiary/aromatic N) is 2. The maximum absolute atomic E-state index is 13.6. The summed E-state index contributed by atoms with van der Waals surface area (Å²) in [5, 5.41) is 10.3. The van der Waals surface area contributed by atoms with E-state index in [0.717, 1.165) is 27.8 Å². The fraction of sp³-hybridized carbons (Fsp3) is 0.280. The number of hydrogen-bond acceptors (Lipinski definition) is 6. The molecular weight excluding hydrogens is 529 g/mol. The van der Waals surface area contributed by atoms with Crippen LogP contribution in [0, 0.1) is 12.8 Å². The van der Waals surface area contributed by atoms with Gasteiger partial charge in [0.2, 0.25) is 4.34 Å². The normalized spacial score (nSPS) is 16.3. The summed E-state index contributed by atoms with van der Waals surface area (Å²) in [6.07, 6.45) is -0.504. The van der Waals surface area contributed by atoms with Crippen LogP contribution in [0.15, 0.2) is 75.8 Å². The molecule has 1 heterocycles. The van der Waals surface area contributed by atoms with Crippen LogP contribution >= 0.6 is 11.3 Å². The second kappa shape index (κ2) is 11.3. The van der Waals surface area contributed by atoms with Crippen LogP contribution in [0.2, 0.25) is 0 Å². The molecule has 1 aliphatic carbocycles. The Balaban J connectivity index is 1.94. The molecule has 1 N–H and O–H groups in total. The molecule has 7 nitrogen and oxygen atoms in total. The number of thiazole rings is 1. The van der Waals surface area contributed by atoms with Gasteiger partial charge in [0, 0.05) is 17.2 Å². The third-order valence-corrected chi connectivity index (χ3v) is 8.29. The zero-order valence-corrected chi connectivity index (χ0v) is 21.7. The molecule has 0 bridgehead atoms. The summed E-state index contributed by atoms with van der Waals surface area (Å²) in [4.78, 5) is 14.7. The van der Waals surface area contributed by atoms with Gasteiger partial charge in [-0.05, 0) is 43.5 Å². The van der Waals surface area contributed by atoms with Crippen LogP contribution in [0.25, 0.3) is 6.08 Å². The Morgan fingerprint density at radius 1 is 1.32 bits per heavy atom. The first kappa shape index (κ1) is 28.2. The molecule has 0 saturated carbocycles. The Bertz CT molecular complexity index is 1360. The zero-order chi connectivity index (χ0) is 27.4. The van der Waals surface area contributed by atoms with Crippen molar-refractivity contribution in [3.8, 4) is 0 Å². The number of aromatic nitrogens is 1. The molecule has 198 valence electrons. The summed E-state index contributed by atoms with van der Waals surface area (Å²) in [6.45, 7) is 6.72. The first-order valence-corrected chi connectivity index (χ1v) is 13.3. The van der Waals surface area contributed by atoms with Crippen LogP contribution in [0.3, 0.4) is 0 Å². The molecule has 1 atom stereocenters. The summed E-state index contributed by atoms with van der Waals surface area (Å²) in [6, 6.07) is 6.53. The minimum atomic E-state index is -4.54. The largest absolute Gasteiger partial charge is 0.487 e. The van der Waals surface area contributed by atoms with Crippen molar-refractivity contribution in [3.05, 3.63) is 88.3 Å². The molecule has 0 fully saturated rings. The number of ether oxygens (including phenoxy) is 1. The van der Waals surface area contributed by atoms with Crippen molar-refractivity contribution in [2.75, 3.05) is 6.54 Å². The molecular formula is C25H25F3N2O5S2. The van der Waals surface area contributed by atoms with Gasteiger partial charge < -0.3 is 9.84 Å². The topological polar surface area (TPSA) is 96.8 Å². The van der Waals surface area contributed by atoms with Gasteiger partial charge in [-0.1, -0.05) is 42.5 Å². The minimum absolute atomic E-state index is 0.0163. The van der Waals surface area contributed by atoms with Gasteiger partial charge >= 0.3 is 12.1 Å². The second-order valence-corrected chi connectivity index (χ2v) is 11.3. The summed E-state index contributed by atoms with van der Waals surface area (Å²) in [7, 11) is -4.21. The molecule has 0 amide bonds. The summed E-state index contributed by atoms with van der Waals surface area (Å²) < 4.78 is 74.2. The van der Waals surface area contributed by atoms with E-state index in [1.165, 1.54) is 12.2 Å². The predicted molar refractivity (Wildman–Crippen MR) is 134 cm³/mol. The third kappa shape index (κ3) is 7.32. The highest BCUT2D eigenvalue weighted by molar-refractivity contribution is 7.91. The van der Waals surface area contributed by atoms with Crippen molar-refractivity contribution < 1.29 is 36.2 Å². The first-order chi connectivity index (χ1) is 17.3. The van der Waals surface area contributed by atoms with Crippen LogP contribution in [0.4, 0.5) is 13.2 Å². The minimum Gasteiger partial charge on any atom is -0.487 e. The van der Waals surface area contributed by atoms with E-state index in [1.807, 2.05) is 0 Å². The number of allylic oxidation sites excluding steroid dienone is 2. The molecule has 2 aromatic rings. The number of aryl methyl sites for hydroxylation is 1. The van der Waals surface area contributed by atoms with E-state index in [-0.39, 0.29) is 28.9 Å². The first-order valence-electron chi connectivity index (χ1n) is 11.0. The van der Waals surface area contributed by atoms with E-state index < -0.39 is 34.5 Å². The Labute approximate surface area is 217 Å². The molecule has 37 heavy (non-hydrogen) atoms. The number of benzene rings is 1. The lowest BCUT2D eigenvalue weighted by atomic mass is 9.97. The Hall–Kier alpha value is -3.38. The third-order valence-electron chi connectivity index (χ3n) is 5.17. The van der Waals surface area contributed by atoms with Crippen molar-refractivity contribution in [3.63, 3.8) is 0 Å². The molecule has 0 spiro atoms. The molecule has 0 radical (unpaired) electrons. The van der Waals surface area contributed by atoms with Gasteiger partial charge in [-0.3, -0.25) is 4.31 Å². The van der Waals surface area contributed by atoms with Crippen LogP contribution in [-0.2, 0) is 26.2 Å². The standard InChI is InChI=1S/C25H25F3N2O5S2/c1-16(2)13-30(37(33,34)24-29-17(3)15-36-24)21-10-9-20(25(26,27)28)12-22(21)35-14-19-6-4-18(5-7-19)8-11-23(31)32/h4-8,10-12,15,20H,1,9,13-14H2,2-3H3,(H,31,32)/b11-8+/t20-/m1/s1. The monoisotopic (exact) mass is 554 g/mol. The molecule has 3 rings (SSSR count). The van der Waals surface area contributed by atoms with E-state index >= 15 is 0 Å². The van der Waals surface area contributed by atoms with Crippen LogP contribution in [0.1, 0.15) is 30.2 Å². The lowest BCUT2D eigenvalue weighted by Gasteiger charge is -2.31. The summed E-state index contributed by atoms with van der Waals surface area (Å²) >= 11 is 0.919. The van der Waals surface area contributed by atoms with Gasteiger partial charge in [-0.2, -0.15) is 21.6 Å². The van der Waals surface area contributed by atoms with E-state index in [4.69, 9.17) is 9.84 Å². The summed E-state index contributed by atoms with van der Waals surface area (Å²) in [5.41, 5.74) is 2.16. The average molecular weight is 555 g/mol. The van der Waals surface area contributed by atoms with Gasteiger partial charge in [0.15, 0.2) is 0 Å². The predicted octanol–water partition coefficient (Wildman–Crippen LogP) is 5.68. The number of halogens is 3. The van der Waals surface area contributed by atoms with Crippen LogP contribution in [0.5, 0.6) is 0 Å². The van der Waals surface area contributed by atoms with Gasteiger partial charge in [0.1, 0.15) is 12.4 Å². The molecule has 0 unspecified atom stereocenters. The Morgan fingerprint density at radius 2 is 2.00 bits per heavy atom. The Morgan fingerprint density at radius 3 is 2.54 bits per heavy atom. The fourth-order valence-corrected chi connectivity index (χ4v) is 6.08. The number of sulfonamides is 1. The van der Waals surface area contributed by atoms with E-state index in [2.05, 4.69) is 11.6 Å². The number of hydrogen-bond donors (Lipinski definition) is 1. The van der Waals surface area contributed by atoms with Crippen molar-refractivity contribution in [2.45, 2.75) is 37.4 Å². The van der Waals surface area contributed by atoms with Crippen molar-refractivity contribution in [2.24, 2.45) is 5.92 Å². The van der Waals surface area contributed by atoms with Gasteiger partial charge in [0.25, 0.3) is 10.0 Å². The number of carboxylic acid groups (broad SMARTS) is 1. The van der Waals surface area contributed by atoms with Crippen LogP contribution < -0.4 is 0 Å². The summed E-state index contributed by atoms with van der Waals surface area (Å²) in [5.74, 6) is -3.16. The maximum atomic E-state index is 13.6. The molecule has 1 aromatic carbocycles. The quantitative estimate of drug-likeness (QED) is 0.300. The van der Waals surface area contributed by atoms with Gasteiger partial charge in [0.05, 0.1) is 18.2 Å². The highest BCUT2D eigenvalue weighted by Crippen LogP contribution is 2.39. The van der Waals surface area contributed by atoms with Crippen molar-refractivity contribution in [1.82, 2.24) is 9.29 Å². The van der Waals surface area contributed by atoms with E-state index in [0.29, 0.717) is 22.4 Å². The van der Waals surface area contributed by atoms with Crippen molar-refractivity contribution in [1.29, 1.82) is 0 Å². The lowest BCUT2D eigenvalue weighted by molar-refractivity contribution is -0.161.